The van der Waals surface area contributed by atoms with Crippen LogP contribution in [0.2, 0.25) is 0 Å². The molecule has 0 atom stereocenters. The molecule has 0 unspecified atom stereocenters. The summed E-state index contributed by atoms with van der Waals surface area (Å²) >= 11 is 1.37. The van der Waals surface area contributed by atoms with Crippen molar-refractivity contribution in [3.05, 3.63) is 81.7 Å². The molecule has 3 aromatic rings. The molecule has 0 N–H and O–H groups in total. The maximum Gasteiger partial charge on any atom is 0.269 e. The van der Waals surface area contributed by atoms with Crippen LogP contribution in [0.4, 0.5) is 10.8 Å². The number of aromatic nitrogens is 2. The Labute approximate surface area is 195 Å². The van der Waals surface area contributed by atoms with Crippen LogP contribution >= 0.6 is 11.5 Å². The monoisotopic (exact) mass is 465 g/mol. The normalized spacial score (nSPS) is 14.0. The van der Waals surface area contributed by atoms with Crippen LogP contribution in [-0.2, 0) is 11.2 Å². The minimum atomic E-state index is -0.447. The maximum absolute atomic E-state index is 12.5. The summed E-state index contributed by atoms with van der Waals surface area (Å²) in [5.41, 5.74) is 1.86. The molecule has 1 aromatic heterocycles. The molecule has 9 nitrogen and oxygen atoms in total. The molecule has 0 spiro atoms. The number of hydrogen-bond donors (Lipinski definition) is 0. The lowest BCUT2D eigenvalue weighted by molar-refractivity contribution is -0.384. The van der Waals surface area contributed by atoms with E-state index in [0.717, 1.165) is 27.8 Å². The van der Waals surface area contributed by atoms with Crippen LogP contribution < -0.4 is 9.64 Å². The topological polar surface area (TPSA) is 102 Å². The molecule has 1 fully saturated rings. The molecule has 2 aromatic carbocycles. The fourth-order valence-electron chi connectivity index (χ4n) is 3.51. The molecule has 0 radical (unpaired) electrons. The third kappa shape index (κ3) is 5.72. The van der Waals surface area contributed by atoms with E-state index in [9.17, 15) is 14.9 Å². The lowest BCUT2D eigenvalue weighted by Gasteiger charge is -2.33. The Balaban J connectivity index is 1.29. The molecule has 1 amide bonds. The van der Waals surface area contributed by atoms with Gasteiger partial charge in [0.1, 0.15) is 11.6 Å². The second kappa shape index (κ2) is 10.2. The average molecular weight is 466 g/mol. The van der Waals surface area contributed by atoms with Gasteiger partial charge in [-0.1, -0.05) is 12.1 Å². The van der Waals surface area contributed by atoms with Crippen molar-refractivity contribution in [1.82, 2.24) is 14.3 Å². The fraction of sp³-hybridized carbons (Fsp3) is 0.261. The average Bonchev–Trinajstić information content (AvgIpc) is 3.31. The van der Waals surface area contributed by atoms with Crippen molar-refractivity contribution in [3.8, 4) is 5.75 Å². The molecule has 10 heteroatoms. The molecule has 2 heterocycles. The van der Waals surface area contributed by atoms with Gasteiger partial charge in [0.15, 0.2) is 0 Å². The molecule has 4 rings (SSSR count). The van der Waals surface area contributed by atoms with Crippen LogP contribution in [0.3, 0.4) is 0 Å². The Morgan fingerprint density at radius 3 is 2.64 bits per heavy atom. The van der Waals surface area contributed by atoms with Crippen LogP contribution in [-0.4, -0.2) is 58.4 Å². The summed E-state index contributed by atoms with van der Waals surface area (Å²) in [5, 5.41) is 11.6. The molecular weight excluding hydrogens is 442 g/mol. The number of carbonyl (C=O) groups is 1. The number of non-ortho nitro benzene ring substituents is 1. The van der Waals surface area contributed by atoms with Gasteiger partial charge in [-0.15, -0.1) is 0 Å². The Hall–Kier alpha value is -3.79. The SMILES string of the molecule is COc1cccc(Cc2nsc(N3CCN(C(=O)/C=C/c4ccc([N+](=O)[O-])cc4)CC3)n2)c1. The van der Waals surface area contributed by atoms with Crippen LogP contribution in [0, 0.1) is 10.1 Å². The zero-order chi connectivity index (χ0) is 23.2. The van der Waals surface area contributed by atoms with Gasteiger partial charge in [0.25, 0.3) is 5.69 Å². The number of benzene rings is 2. The van der Waals surface area contributed by atoms with Gasteiger partial charge in [-0.05, 0) is 41.5 Å². The lowest BCUT2D eigenvalue weighted by atomic mass is 10.1. The second-order valence-corrected chi connectivity index (χ2v) is 8.25. The van der Waals surface area contributed by atoms with E-state index in [1.807, 2.05) is 24.3 Å². The molecule has 0 saturated carbocycles. The summed E-state index contributed by atoms with van der Waals surface area (Å²) in [5.74, 6) is 1.50. The first-order valence-electron chi connectivity index (χ1n) is 10.4. The number of methoxy groups -OCH3 is 1. The summed E-state index contributed by atoms with van der Waals surface area (Å²) in [4.78, 5) is 31.4. The number of ether oxygens (including phenoxy) is 1. The molecule has 1 aliphatic heterocycles. The fourth-order valence-corrected chi connectivity index (χ4v) is 4.24. The number of nitro groups is 1. The number of nitrogens with zero attached hydrogens (tertiary/aromatic N) is 5. The summed E-state index contributed by atoms with van der Waals surface area (Å²) in [6.45, 7) is 2.55. The zero-order valence-corrected chi connectivity index (χ0v) is 18.9. The number of carbonyl (C=O) groups excluding carboxylic acids is 1. The number of anilines is 1. The van der Waals surface area contributed by atoms with Gasteiger partial charge in [0.05, 0.1) is 12.0 Å². The van der Waals surface area contributed by atoms with Crippen molar-refractivity contribution in [2.45, 2.75) is 6.42 Å². The van der Waals surface area contributed by atoms with E-state index in [1.54, 1.807) is 30.2 Å². The van der Waals surface area contributed by atoms with E-state index in [4.69, 9.17) is 4.74 Å². The molecule has 33 heavy (non-hydrogen) atoms. The molecule has 1 aliphatic rings. The Kier molecular flexibility index (Phi) is 6.94. The highest BCUT2D eigenvalue weighted by molar-refractivity contribution is 7.09. The van der Waals surface area contributed by atoms with Gasteiger partial charge in [-0.2, -0.15) is 4.37 Å². The number of rotatable bonds is 7. The Bertz CT molecular complexity index is 1150. The number of hydrogen-bond acceptors (Lipinski definition) is 8. The quantitative estimate of drug-likeness (QED) is 0.299. The summed E-state index contributed by atoms with van der Waals surface area (Å²) in [7, 11) is 1.65. The number of piperazine rings is 1. The van der Waals surface area contributed by atoms with E-state index in [1.165, 1.54) is 29.7 Å². The highest BCUT2D eigenvalue weighted by Gasteiger charge is 2.22. The van der Waals surface area contributed by atoms with Crippen LogP contribution in [0.25, 0.3) is 6.08 Å². The first-order valence-corrected chi connectivity index (χ1v) is 11.2. The van der Waals surface area contributed by atoms with E-state index < -0.39 is 4.92 Å². The standard InChI is InChI=1S/C23H23N5O4S/c1-32-20-4-2-3-18(15-20)16-21-24-23(33-25-21)27-13-11-26(12-14-27)22(29)10-7-17-5-8-19(9-6-17)28(30)31/h2-10,15H,11-14,16H2,1H3/b10-7+. The minimum absolute atomic E-state index is 0.0259. The Morgan fingerprint density at radius 2 is 1.94 bits per heavy atom. The van der Waals surface area contributed by atoms with E-state index in [0.29, 0.717) is 32.6 Å². The smallest absolute Gasteiger partial charge is 0.269 e. The second-order valence-electron chi connectivity index (χ2n) is 7.52. The predicted molar refractivity (Wildman–Crippen MR) is 127 cm³/mol. The third-order valence-corrected chi connectivity index (χ3v) is 6.15. The lowest BCUT2D eigenvalue weighted by Crippen LogP contribution is -2.48. The van der Waals surface area contributed by atoms with Crippen molar-refractivity contribution in [3.63, 3.8) is 0 Å². The number of nitro benzene ring substituents is 1. The van der Waals surface area contributed by atoms with Crippen LogP contribution in [0.1, 0.15) is 17.0 Å². The van der Waals surface area contributed by atoms with Gasteiger partial charge in [-0.3, -0.25) is 14.9 Å². The van der Waals surface area contributed by atoms with Crippen molar-refractivity contribution in [1.29, 1.82) is 0 Å². The first-order chi connectivity index (χ1) is 16.0. The molecule has 0 aliphatic carbocycles. The highest BCUT2D eigenvalue weighted by Crippen LogP contribution is 2.22. The predicted octanol–water partition coefficient (Wildman–Crippen LogP) is 3.41. The van der Waals surface area contributed by atoms with Crippen molar-refractivity contribution < 1.29 is 14.5 Å². The summed E-state index contributed by atoms with van der Waals surface area (Å²) in [6.07, 6.45) is 3.82. The van der Waals surface area contributed by atoms with Gasteiger partial charge in [-0.25, -0.2) is 4.98 Å². The van der Waals surface area contributed by atoms with Crippen LogP contribution in [0.5, 0.6) is 5.75 Å². The highest BCUT2D eigenvalue weighted by atomic mass is 32.1. The van der Waals surface area contributed by atoms with E-state index in [-0.39, 0.29) is 11.6 Å². The van der Waals surface area contributed by atoms with E-state index >= 15 is 0 Å². The maximum atomic E-state index is 12.5. The van der Waals surface area contributed by atoms with Gasteiger partial charge >= 0.3 is 0 Å². The van der Waals surface area contributed by atoms with Gasteiger partial charge in [0, 0.05) is 62.3 Å². The van der Waals surface area contributed by atoms with E-state index in [2.05, 4.69) is 14.3 Å². The first kappa shape index (κ1) is 22.4. The largest absolute Gasteiger partial charge is 0.497 e. The van der Waals surface area contributed by atoms with Crippen molar-refractivity contribution in [2.75, 3.05) is 38.2 Å². The molecule has 1 saturated heterocycles. The Morgan fingerprint density at radius 1 is 1.18 bits per heavy atom. The zero-order valence-electron chi connectivity index (χ0n) is 18.1. The molecular formula is C23H23N5O4S. The molecule has 0 bridgehead atoms. The number of amides is 1. The van der Waals surface area contributed by atoms with Crippen LogP contribution in [0.15, 0.2) is 54.6 Å². The third-order valence-electron chi connectivity index (χ3n) is 5.34. The van der Waals surface area contributed by atoms with Gasteiger partial charge in [0.2, 0.25) is 11.0 Å². The van der Waals surface area contributed by atoms with Crippen molar-refractivity contribution >= 4 is 34.3 Å². The summed E-state index contributed by atoms with van der Waals surface area (Å²) < 4.78 is 9.76. The molecule has 170 valence electrons. The summed E-state index contributed by atoms with van der Waals surface area (Å²) in [6, 6.07) is 14.0. The van der Waals surface area contributed by atoms with Crippen molar-refractivity contribution in [2.24, 2.45) is 0 Å². The minimum Gasteiger partial charge on any atom is -0.497 e. The van der Waals surface area contributed by atoms with Gasteiger partial charge < -0.3 is 14.5 Å².